The molecule has 1 saturated heterocycles. The SMILES string of the molecule is N#Cc1ccc(N2CCN(C(=O)c3cccc(Cc4n[nH]c(=O)c5ccc(OC6CCC6)cc45)n3)CC2)nc1. The minimum atomic E-state index is -0.254. The van der Waals surface area contributed by atoms with E-state index in [2.05, 4.69) is 31.1 Å². The molecule has 0 atom stereocenters. The zero-order chi connectivity index (χ0) is 26.8. The first kappa shape index (κ1) is 24.6. The Morgan fingerprint density at radius 3 is 2.64 bits per heavy atom. The second-order valence-corrected chi connectivity index (χ2v) is 9.86. The lowest BCUT2D eigenvalue weighted by Crippen LogP contribution is -2.49. The Morgan fingerprint density at radius 1 is 1.08 bits per heavy atom. The van der Waals surface area contributed by atoms with Gasteiger partial charge in [0, 0.05) is 49.9 Å². The second kappa shape index (κ2) is 10.5. The molecular weight excluding hydrogens is 494 g/mol. The Kier molecular flexibility index (Phi) is 6.63. The monoisotopic (exact) mass is 521 g/mol. The number of piperazine rings is 1. The number of nitriles is 1. The number of ether oxygens (including phenoxy) is 1. The number of fused-ring (bicyclic) bond motifs is 1. The van der Waals surface area contributed by atoms with Crippen LogP contribution in [0.25, 0.3) is 10.8 Å². The van der Waals surface area contributed by atoms with Crippen LogP contribution >= 0.6 is 0 Å². The molecule has 0 bridgehead atoms. The zero-order valence-electron chi connectivity index (χ0n) is 21.3. The molecule has 196 valence electrons. The molecular formula is C29H27N7O3. The van der Waals surface area contributed by atoms with Crippen LogP contribution in [-0.2, 0) is 6.42 Å². The van der Waals surface area contributed by atoms with Gasteiger partial charge in [-0.25, -0.2) is 15.1 Å². The molecule has 10 heteroatoms. The fourth-order valence-electron chi connectivity index (χ4n) is 4.90. The lowest BCUT2D eigenvalue weighted by atomic mass is 9.96. The van der Waals surface area contributed by atoms with Gasteiger partial charge >= 0.3 is 0 Å². The van der Waals surface area contributed by atoms with Crippen LogP contribution in [0.3, 0.4) is 0 Å². The van der Waals surface area contributed by atoms with Crippen molar-refractivity contribution in [2.75, 3.05) is 31.1 Å². The quantitative estimate of drug-likeness (QED) is 0.410. The number of pyridine rings is 2. The summed E-state index contributed by atoms with van der Waals surface area (Å²) in [5, 5.41) is 17.1. The number of anilines is 1. The molecule has 2 fully saturated rings. The highest BCUT2D eigenvalue weighted by Crippen LogP contribution is 2.28. The fraction of sp³-hybridized carbons (Fsp3) is 0.310. The third-order valence-corrected chi connectivity index (χ3v) is 7.34. The predicted octanol–water partition coefficient (Wildman–Crippen LogP) is 3.07. The summed E-state index contributed by atoms with van der Waals surface area (Å²) in [5.74, 6) is 1.40. The molecule has 6 rings (SSSR count). The number of hydrogen-bond acceptors (Lipinski definition) is 8. The van der Waals surface area contributed by atoms with Gasteiger partial charge in [-0.1, -0.05) is 6.07 Å². The standard InChI is InChI=1S/C29H27N7O3/c30-17-19-7-10-27(31-18-19)35-11-13-36(14-12-35)29(38)25-6-1-3-20(32-25)15-26-24-16-22(39-21-4-2-5-21)8-9-23(24)28(37)34-33-26/h1,3,6-10,16,18,21H,2,4-5,11-15H2,(H,34,37). The first-order chi connectivity index (χ1) is 19.1. The largest absolute Gasteiger partial charge is 0.490 e. The molecule has 0 unspecified atom stereocenters. The van der Waals surface area contributed by atoms with Crippen LogP contribution in [-0.4, -0.2) is 63.3 Å². The number of H-pyrrole nitrogens is 1. The molecule has 2 aliphatic rings. The van der Waals surface area contributed by atoms with Crippen LogP contribution in [0.4, 0.5) is 5.82 Å². The van der Waals surface area contributed by atoms with Crippen molar-refractivity contribution in [3.8, 4) is 11.8 Å². The fourth-order valence-corrected chi connectivity index (χ4v) is 4.90. The van der Waals surface area contributed by atoms with Crippen LogP contribution in [0.1, 0.15) is 46.7 Å². The van der Waals surface area contributed by atoms with E-state index in [1.807, 2.05) is 30.3 Å². The molecule has 1 aliphatic heterocycles. The van der Waals surface area contributed by atoms with Crippen LogP contribution in [0.15, 0.2) is 59.5 Å². The van der Waals surface area contributed by atoms with Gasteiger partial charge in [-0.15, -0.1) is 0 Å². The van der Waals surface area contributed by atoms with Gasteiger partial charge in [-0.2, -0.15) is 10.4 Å². The molecule has 0 radical (unpaired) electrons. The molecule has 1 saturated carbocycles. The summed E-state index contributed by atoms with van der Waals surface area (Å²) in [7, 11) is 0. The van der Waals surface area contributed by atoms with Crippen molar-refractivity contribution in [2.24, 2.45) is 0 Å². The summed E-state index contributed by atoms with van der Waals surface area (Å²) in [6, 6.07) is 16.5. The maximum absolute atomic E-state index is 13.3. The number of benzene rings is 1. The number of aromatic nitrogens is 4. The topological polar surface area (TPSA) is 128 Å². The van der Waals surface area contributed by atoms with Gasteiger partial charge in [0.15, 0.2) is 0 Å². The molecule has 0 spiro atoms. The Labute approximate surface area is 224 Å². The molecule has 4 heterocycles. The molecule has 10 nitrogen and oxygen atoms in total. The van der Waals surface area contributed by atoms with Crippen molar-refractivity contribution >= 4 is 22.5 Å². The smallest absolute Gasteiger partial charge is 0.272 e. The lowest BCUT2D eigenvalue weighted by molar-refractivity contribution is 0.0740. The summed E-state index contributed by atoms with van der Waals surface area (Å²) in [6.45, 7) is 2.37. The van der Waals surface area contributed by atoms with Crippen molar-refractivity contribution in [2.45, 2.75) is 31.8 Å². The third-order valence-electron chi connectivity index (χ3n) is 7.34. The van der Waals surface area contributed by atoms with E-state index in [4.69, 9.17) is 10.00 Å². The average molecular weight is 522 g/mol. The van der Waals surface area contributed by atoms with E-state index in [1.54, 1.807) is 29.3 Å². The van der Waals surface area contributed by atoms with E-state index >= 15 is 0 Å². The van der Waals surface area contributed by atoms with Crippen molar-refractivity contribution in [3.63, 3.8) is 0 Å². The third kappa shape index (κ3) is 5.16. The van der Waals surface area contributed by atoms with E-state index < -0.39 is 0 Å². The number of amides is 1. The van der Waals surface area contributed by atoms with Gasteiger partial charge in [0.25, 0.3) is 11.5 Å². The number of rotatable bonds is 6. The highest BCUT2D eigenvalue weighted by molar-refractivity contribution is 5.92. The number of nitrogens with one attached hydrogen (secondary N) is 1. The van der Waals surface area contributed by atoms with Gasteiger partial charge in [0.2, 0.25) is 0 Å². The predicted molar refractivity (Wildman–Crippen MR) is 145 cm³/mol. The summed E-state index contributed by atoms with van der Waals surface area (Å²) >= 11 is 0. The highest BCUT2D eigenvalue weighted by Gasteiger charge is 2.24. The van der Waals surface area contributed by atoms with E-state index in [9.17, 15) is 9.59 Å². The molecule has 1 aliphatic carbocycles. The maximum atomic E-state index is 13.3. The van der Waals surface area contributed by atoms with Crippen molar-refractivity contribution < 1.29 is 9.53 Å². The van der Waals surface area contributed by atoms with Crippen LogP contribution in [0.5, 0.6) is 5.75 Å². The Bertz CT molecular complexity index is 1620. The number of hydrogen-bond donors (Lipinski definition) is 1. The van der Waals surface area contributed by atoms with Crippen LogP contribution in [0.2, 0.25) is 0 Å². The van der Waals surface area contributed by atoms with E-state index in [0.717, 1.165) is 29.8 Å². The van der Waals surface area contributed by atoms with E-state index in [0.29, 0.717) is 60.6 Å². The highest BCUT2D eigenvalue weighted by atomic mass is 16.5. The summed E-state index contributed by atoms with van der Waals surface area (Å²) in [5.41, 5.74) is 2.00. The molecule has 1 N–H and O–H groups in total. The van der Waals surface area contributed by atoms with Gasteiger partial charge < -0.3 is 14.5 Å². The average Bonchev–Trinajstić information content (AvgIpc) is 2.96. The lowest BCUT2D eigenvalue weighted by Gasteiger charge is -2.35. The molecule has 1 aromatic carbocycles. The van der Waals surface area contributed by atoms with Gasteiger partial charge in [0.05, 0.1) is 22.7 Å². The van der Waals surface area contributed by atoms with Crippen molar-refractivity contribution in [3.05, 3.63) is 87.7 Å². The number of nitrogens with zero attached hydrogens (tertiary/aromatic N) is 6. The minimum absolute atomic E-state index is 0.125. The number of carbonyl (C=O) groups is 1. The normalized spacial score (nSPS) is 15.6. The van der Waals surface area contributed by atoms with E-state index in [1.165, 1.54) is 6.42 Å². The zero-order valence-corrected chi connectivity index (χ0v) is 21.3. The van der Waals surface area contributed by atoms with Crippen molar-refractivity contribution in [1.29, 1.82) is 5.26 Å². The minimum Gasteiger partial charge on any atom is -0.490 e. The molecule has 4 aromatic rings. The first-order valence-electron chi connectivity index (χ1n) is 13.1. The molecule has 3 aromatic heterocycles. The summed E-state index contributed by atoms with van der Waals surface area (Å²) in [4.78, 5) is 38.6. The van der Waals surface area contributed by atoms with Gasteiger partial charge in [-0.05, 0) is 61.7 Å². The first-order valence-corrected chi connectivity index (χ1v) is 13.1. The van der Waals surface area contributed by atoms with E-state index in [-0.39, 0.29) is 17.6 Å². The number of carbonyl (C=O) groups excluding carboxylic acids is 1. The Hall–Kier alpha value is -4.78. The molecule has 39 heavy (non-hydrogen) atoms. The Balaban J connectivity index is 1.16. The van der Waals surface area contributed by atoms with Gasteiger partial charge in [-0.3, -0.25) is 9.59 Å². The second-order valence-electron chi connectivity index (χ2n) is 9.86. The van der Waals surface area contributed by atoms with Crippen LogP contribution < -0.4 is 15.2 Å². The van der Waals surface area contributed by atoms with Crippen LogP contribution in [0, 0.1) is 11.3 Å². The molecule has 1 amide bonds. The summed E-state index contributed by atoms with van der Waals surface area (Å²) < 4.78 is 6.04. The maximum Gasteiger partial charge on any atom is 0.272 e. The van der Waals surface area contributed by atoms with Crippen molar-refractivity contribution in [1.82, 2.24) is 25.1 Å². The summed E-state index contributed by atoms with van der Waals surface area (Å²) in [6.07, 6.45) is 5.42. The Morgan fingerprint density at radius 2 is 1.92 bits per heavy atom. The number of aromatic amines is 1. The van der Waals surface area contributed by atoms with Gasteiger partial charge in [0.1, 0.15) is 23.3 Å².